The van der Waals surface area contributed by atoms with Gasteiger partial charge >= 0.3 is 6.18 Å². The van der Waals surface area contributed by atoms with Crippen LogP contribution in [-0.2, 0) is 6.18 Å². The zero-order chi connectivity index (χ0) is 18.1. The van der Waals surface area contributed by atoms with Gasteiger partial charge in [0, 0.05) is 16.4 Å². The molecule has 10 heteroatoms. The molecule has 0 radical (unpaired) electrons. The normalized spacial score (nSPS) is 11.2. The van der Waals surface area contributed by atoms with E-state index in [1.807, 2.05) is 0 Å². The number of amides is 2. The van der Waals surface area contributed by atoms with Crippen molar-refractivity contribution < 1.29 is 27.2 Å². The standard InChI is InChI=1S/C14H8BrF4N3O2/c15-8-3-6(14(17,18)19)4-9(16)11(8)13(24)22-7-1-2-21-10(5-7)12(20)23/h1-5H,(H2,20,23)(H,21,22,24). The molecule has 5 nitrogen and oxygen atoms in total. The van der Waals surface area contributed by atoms with E-state index in [1.165, 1.54) is 12.3 Å². The highest BCUT2D eigenvalue weighted by Gasteiger charge is 2.33. The number of hydrogen-bond donors (Lipinski definition) is 2. The molecule has 2 amide bonds. The number of carbonyl (C=O) groups is 2. The average Bonchev–Trinajstić information content (AvgIpc) is 2.45. The van der Waals surface area contributed by atoms with Crippen molar-refractivity contribution in [2.24, 2.45) is 5.73 Å². The van der Waals surface area contributed by atoms with Crippen LogP contribution in [-0.4, -0.2) is 16.8 Å². The van der Waals surface area contributed by atoms with Gasteiger partial charge in [-0.2, -0.15) is 13.2 Å². The van der Waals surface area contributed by atoms with Crippen LogP contribution in [0.25, 0.3) is 0 Å². The van der Waals surface area contributed by atoms with Gasteiger partial charge in [0.15, 0.2) is 0 Å². The molecule has 126 valence electrons. The number of pyridine rings is 1. The van der Waals surface area contributed by atoms with E-state index in [4.69, 9.17) is 5.73 Å². The molecule has 1 heterocycles. The van der Waals surface area contributed by atoms with Gasteiger partial charge in [-0.1, -0.05) is 0 Å². The molecular weight excluding hydrogens is 398 g/mol. The number of nitrogens with one attached hydrogen (secondary N) is 1. The molecule has 2 aromatic rings. The molecule has 0 aliphatic heterocycles. The summed E-state index contributed by atoms with van der Waals surface area (Å²) in [5, 5.41) is 2.26. The molecule has 0 spiro atoms. The topological polar surface area (TPSA) is 85.1 Å². The molecule has 0 aliphatic carbocycles. The summed E-state index contributed by atoms with van der Waals surface area (Å²) in [6.07, 6.45) is -3.56. The Morgan fingerprint density at radius 2 is 1.88 bits per heavy atom. The number of nitrogens with zero attached hydrogens (tertiary/aromatic N) is 1. The lowest BCUT2D eigenvalue weighted by Crippen LogP contribution is -2.18. The second kappa shape index (κ2) is 6.56. The monoisotopic (exact) mass is 405 g/mol. The van der Waals surface area contributed by atoms with Crippen LogP contribution in [0.3, 0.4) is 0 Å². The molecule has 24 heavy (non-hydrogen) atoms. The molecule has 2 rings (SSSR count). The minimum atomic E-state index is -4.75. The van der Waals surface area contributed by atoms with Crippen LogP contribution in [0.15, 0.2) is 34.9 Å². The highest BCUT2D eigenvalue weighted by molar-refractivity contribution is 9.10. The second-order valence-corrected chi connectivity index (χ2v) is 5.42. The number of alkyl halides is 3. The summed E-state index contributed by atoms with van der Waals surface area (Å²) in [5.74, 6) is -3.19. The van der Waals surface area contributed by atoms with Gasteiger partial charge < -0.3 is 11.1 Å². The predicted octanol–water partition coefficient (Wildman–Crippen LogP) is 3.35. The summed E-state index contributed by atoms with van der Waals surface area (Å²) >= 11 is 2.75. The maximum absolute atomic E-state index is 13.9. The molecule has 3 N–H and O–H groups in total. The lowest BCUT2D eigenvalue weighted by Gasteiger charge is -2.12. The molecule has 0 atom stereocenters. The van der Waals surface area contributed by atoms with Crippen molar-refractivity contribution in [2.45, 2.75) is 6.18 Å². The number of nitrogens with two attached hydrogens (primary N) is 1. The first-order valence-corrected chi connectivity index (χ1v) is 7.02. The summed E-state index contributed by atoms with van der Waals surface area (Å²) in [6, 6.07) is 3.27. The third-order valence-electron chi connectivity index (χ3n) is 2.87. The van der Waals surface area contributed by atoms with E-state index in [9.17, 15) is 27.2 Å². The van der Waals surface area contributed by atoms with Gasteiger partial charge in [-0.15, -0.1) is 0 Å². The molecule has 0 saturated heterocycles. The number of primary amides is 1. The molecule has 1 aromatic carbocycles. The van der Waals surface area contributed by atoms with E-state index in [0.29, 0.717) is 6.07 Å². The molecule has 0 bridgehead atoms. The maximum Gasteiger partial charge on any atom is 0.416 e. The second-order valence-electron chi connectivity index (χ2n) is 4.56. The summed E-state index contributed by atoms with van der Waals surface area (Å²) in [5.41, 5.74) is 3.14. The summed E-state index contributed by atoms with van der Waals surface area (Å²) in [7, 11) is 0. The zero-order valence-electron chi connectivity index (χ0n) is 11.6. The van der Waals surface area contributed by atoms with Crippen molar-refractivity contribution in [3.63, 3.8) is 0 Å². The Labute approximate surface area is 141 Å². The molecule has 0 fully saturated rings. The highest BCUT2D eigenvalue weighted by Crippen LogP contribution is 2.34. The predicted molar refractivity (Wildman–Crippen MR) is 79.8 cm³/mol. The average molecular weight is 406 g/mol. The van der Waals surface area contributed by atoms with Crippen LogP contribution >= 0.6 is 15.9 Å². The van der Waals surface area contributed by atoms with Crippen molar-refractivity contribution >= 4 is 33.4 Å². The van der Waals surface area contributed by atoms with Gasteiger partial charge in [0.1, 0.15) is 11.5 Å². The van der Waals surface area contributed by atoms with Crippen molar-refractivity contribution in [3.05, 3.63) is 57.6 Å². The van der Waals surface area contributed by atoms with Gasteiger partial charge in [-0.05, 0) is 40.2 Å². The van der Waals surface area contributed by atoms with Crippen LogP contribution < -0.4 is 11.1 Å². The Hall–Kier alpha value is -2.49. The third kappa shape index (κ3) is 3.88. The molecular formula is C14H8BrF4N3O2. The van der Waals surface area contributed by atoms with Gasteiger partial charge in [0.2, 0.25) is 0 Å². The van der Waals surface area contributed by atoms with E-state index in [0.717, 1.165) is 6.07 Å². The number of carbonyl (C=O) groups excluding carboxylic acids is 2. The van der Waals surface area contributed by atoms with Crippen molar-refractivity contribution in [2.75, 3.05) is 5.32 Å². The largest absolute Gasteiger partial charge is 0.416 e. The highest BCUT2D eigenvalue weighted by atomic mass is 79.9. The van der Waals surface area contributed by atoms with Crippen molar-refractivity contribution in [1.82, 2.24) is 4.98 Å². The zero-order valence-corrected chi connectivity index (χ0v) is 13.2. The smallest absolute Gasteiger partial charge is 0.364 e. The SMILES string of the molecule is NC(=O)c1cc(NC(=O)c2c(F)cc(C(F)(F)F)cc2Br)ccn1. The Bertz CT molecular complexity index is 801. The van der Waals surface area contributed by atoms with Gasteiger partial charge in [-0.25, -0.2) is 4.39 Å². The van der Waals surface area contributed by atoms with Crippen LogP contribution in [0.1, 0.15) is 26.4 Å². The minimum absolute atomic E-state index is 0.0787. The van der Waals surface area contributed by atoms with Gasteiger partial charge in [0.25, 0.3) is 11.8 Å². The summed E-state index contributed by atoms with van der Waals surface area (Å²) in [4.78, 5) is 26.8. The Morgan fingerprint density at radius 3 is 2.42 bits per heavy atom. The van der Waals surface area contributed by atoms with Crippen molar-refractivity contribution in [3.8, 4) is 0 Å². The quantitative estimate of drug-likeness (QED) is 0.767. The van der Waals surface area contributed by atoms with Crippen LogP contribution in [0.4, 0.5) is 23.2 Å². The van der Waals surface area contributed by atoms with E-state index >= 15 is 0 Å². The summed E-state index contributed by atoms with van der Waals surface area (Å²) < 4.78 is 51.4. The first-order chi connectivity index (χ1) is 11.1. The lowest BCUT2D eigenvalue weighted by molar-refractivity contribution is -0.137. The third-order valence-corrected chi connectivity index (χ3v) is 3.49. The summed E-state index contributed by atoms with van der Waals surface area (Å²) in [6.45, 7) is 0. The van der Waals surface area contributed by atoms with E-state index in [2.05, 4.69) is 26.2 Å². The van der Waals surface area contributed by atoms with Gasteiger partial charge in [-0.3, -0.25) is 14.6 Å². The fourth-order valence-corrected chi connectivity index (χ4v) is 2.41. The first-order valence-electron chi connectivity index (χ1n) is 6.23. The van der Waals surface area contributed by atoms with Crippen LogP contribution in [0.2, 0.25) is 0 Å². The Kier molecular flexibility index (Phi) is 4.88. The molecule has 0 saturated carbocycles. The molecule has 1 aromatic heterocycles. The number of benzene rings is 1. The molecule has 0 aliphatic rings. The van der Waals surface area contributed by atoms with E-state index in [1.54, 1.807) is 0 Å². The lowest BCUT2D eigenvalue weighted by atomic mass is 10.1. The number of rotatable bonds is 3. The van der Waals surface area contributed by atoms with E-state index < -0.39 is 34.9 Å². The number of halogens is 5. The van der Waals surface area contributed by atoms with Gasteiger partial charge in [0.05, 0.1) is 11.1 Å². The Balaban J connectivity index is 2.34. The van der Waals surface area contributed by atoms with Crippen LogP contribution in [0.5, 0.6) is 0 Å². The molecule has 0 unspecified atom stereocenters. The number of hydrogen-bond acceptors (Lipinski definition) is 3. The first kappa shape index (κ1) is 17.9. The minimum Gasteiger partial charge on any atom is -0.364 e. The Morgan fingerprint density at radius 1 is 1.21 bits per heavy atom. The van der Waals surface area contributed by atoms with Crippen LogP contribution in [0, 0.1) is 5.82 Å². The number of anilines is 1. The fourth-order valence-electron chi connectivity index (χ4n) is 1.79. The number of aromatic nitrogens is 1. The van der Waals surface area contributed by atoms with Crippen molar-refractivity contribution in [1.29, 1.82) is 0 Å². The fraction of sp³-hybridized carbons (Fsp3) is 0.0714. The maximum atomic E-state index is 13.9. The van der Waals surface area contributed by atoms with E-state index in [-0.39, 0.29) is 21.9 Å².